The molecule has 2 saturated carbocycles. The van der Waals surface area contributed by atoms with Gasteiger partial charge in [0, 0.05) is 41.7 Å². The smallest absolute Gasteiger partial charge is 0.293 e. The second kappa shape index (κ2) is 21.3. The molecule has 0 aliphatic heterocycles. The van der Waals surface area contributed by atoms with Gasteiger partial charge in [0.25, 0.3) is 6.47 Å². The number of hydrogen-bond acceptors (Lipinski definition) is 7. The first-order valence-corrected chi connectivity index (χ1v) is 15.6. The molecule has 0 spiro atoms. The molecule has 0 atom stereocenters. The third-order valence-electron chi connectivity index (χ3n) is 7.32. The van der Waals surface area contributed by atoms with E-state index in [4.69, 9.17) is 10.6 Å². The molecule has 1 heterocycles. The maximum absolute atomic E-state index is 12.1. The Hall–Kier alpha value is -4.44. The van der Waals surface area contributed by atoms with Crippen LogP contribution in [0.15, 0.2) is 72.0 Å². The topological polar surface area (TPSA) is 144 Å². The molecular weight excluding hydrogens is 572 g/mol. The number of aromatic nitrogens is 1. The molecule has 244 valence electrons. The third-order valence-corrected chi connectivity index (χ3v) is 7.32. The van der Waals surface area contributed by atoms with Crippen LogP contribution >= 0.6 is 0 Å². The third kappa shape index (κ3) is 13.4. The van der Waals surface area contributed by atoms with Crippen LogP contribution in [0.3, 0.4) is 0 Å². The number of nitrogens with zero attached hydrogens (tertiary/aromatic N) is 1. The van der Waals surface area contributed by atoms with Crippen LogP contribution in [-0.2, 0) is 19.1 Å². The zero-order chi connectivity index (χ0) is 32.9. The number of ether oxygens (including phenoxy) is 2. The summed E-state index contributed by atoms with van der Waals surface area (Å²) >= 11 is 0. The Balaban J connectivity index is 0.000000234. The molecule has 4 N–H and O–H groups in total. The van der Waals surface area contributed by atoms with Crippen LogP contribution in [0.1, 0.15) is 64.7 Å². The molecule has 2 aliphatic carbocycles. The van der Waals surface area contributed by atoms with Gasteiger partial charge >= 0.3 is 0 Å². The Morgan fingerprint density at radius 1 is 1.07 bits per heavy atom. The minimum atomic E-state index is 0.00950. The van der Waals surface area contributed by atoms with E-state index in [1.165, 1.54) is 17.9 Å². The first kappa shape index (κ1) is 36.8. The van der Waals surface area contributed by atoms with Gasteiger partial charge in [0.05, 0.1) is 19.2 Å². The summed E-state index contributed by atoms with van der Waals surface area (Å²) in [5, 5.41) is 4.74. The maximum Gasteiger partial charge on any atom is 0.293 e. The number of allylic oxidation sites excluding steroid dienone is 1. The number of pyridine rings is 1. The van der Waals surface area contributed by atoms with E-state index >= 15 is 0 Å². The van der Waals surface area contributed by atoms with Crippen LogP contribution in [0.2, 0.25) is 0 Å². The summed E-state index contributed by atoms with van der Waals surface area (Å²) in [6.07, 6.45) is 12.6. The Bertz CT molecular complexity index is 1350. The Morgan fingerprint density at radius 3 is 2.33 bits per heavy atom. The number of H-pyrrole nitrogens is 1. The molecule has 45 heavy (non-hydrogen) atoms. The van der Waals surface area contributed by atoms with Crippen molar-refractivity contribution in [1.82, 2.24) is 15.3 Å². The molecule has 0 bridgehead atoms. The van der Waals surface area contributed by atoms with Crippen LogP contribution in [0.5, 0.6) is 5.75 Å². The Labute approximate surface area is 265 Å². The van der Waals surface area contributed by atoms with Gasteiger partial charge in [-0.05, 0) is 69.6 Å². The van der Waals surface area contributed by atoms with Crippen LogP contribution in [0.4, 0.5) is 0 Å². The van der Waals surface area contributed by atoms with Crippen LogP contribution in [0.25, 0.3) is 22.2 Å². The standard InChI is InChI=1S/C16H13NO2.C9H16N2O.C7H13NO.C3H6O2/c1-19-12-7-8-13-15(9-12)17-14(10-16(13)18)11-5-3-2-4-6-11;10-11(8-5-6-8)9(12)7-3-1-2-4-7;1-2-3-4-5-6-8-7-9;1-2-5-3-4/h2-10H,1H3,(H,17,18);7-8H,1-6,10H2;2,7H,1,3-6H2,(H,8,9);3H,2H2,1H3. The number of aromatic amines is 1. The number of hydrogen-bond donors (Lipinski definition) is 3. The average Bonchev–Trinajstić information content (AvgIpc) is 3.78. The quantitative estimate of drug-likeness (QED) is 0.0605. The summed E-state index contributed by atoms with van der Waals surface area (Å²) < 4.78 is 9.34. The minimum absolute atomic E-state index is 0.00950. The maximum atomic E-state index is 12.1. The number of nitrogens with two attached hydrogens (primary N) is 1. The lowest BCUT2D eigenvalue weighted by molar-refractivity contribution is -0.136. The monoisotopic (exact) mass is 620 g/mol. The zero-order valence-corrected chi connectivity index (χ0v) is 26.5. The molecule has 10 heteroatoms. The number of benzene rings is 2. The van der Waals surface area contributed by atoms with Gasteiger partial charge in [-0.25, -0.2) is 5.84 Å². The summed E-state index contributed by atoms with van der Waals surface area (Å²) in [6, 6.07) is 17.2. The number of methoxy groups -OCH3 is 1. The van der Waals surface area contributed by atoms with Gasteiger partial charge in [0.1, 0.15) is 5.75 Å². The number of carbonyl (C=O) groups is 3. The number of nitrogens with one attached hydrogen (secondary N) is 2. The number of fused-ring (bicyclic) bond motifs is 1. The van der Waals surface area contributed by atoms with Gasteiger partial charge in [-0.3, -0.25) is 24.2 Å². The molecular formula is C35H48N4O6. The van der Waals surface area contributed by atoms with Crippen LogP contribution in [0, 0.1) is 5.92 Å². The zero-order valence-electron chi connectivity index (χ0n) is 26.5. The lowest BCUT2D eigenvalue weighted by atomic mass is 10.1. The van der Waals surface area contributed by atoms with Gasteiger partial charge < -0.3 is 19.8 Å². The SMILES string of the molecule is C=CCCCCNC=O.CCOC=O.COc1ccc2c(=O)cc(-c3ccccc3)[nH]c2c1.NN(C(=O)C1CCCC1)C1CC1. The molecule has 0 radical (unpaired) electrons. The van der Waals surface area contributed by atoms with Crippen molar-refractivity contribution in [3.63, 3.8) is 0 Å². The summed E-state index contributed by atoms with van der Waals surface area (Å²) in [7, 11) is 1.61. The second-order valence-electron chi connectivity index (χ2n) is 10.7. The lowest BCUT2D eigenvalue weighted by Crippen LogP contribution is -2.42. The van der Waals surface area contributed by atoms with Crippen molar-refractivity contribution in [2.45, 2.75) is 70.8 Å². The molecule has 2 aliphatic rings. The summed E-state index contributed by atoms with van der Waals surface area (Å²) in [5.41, 5.74) is 2.59. The fourth-order valence-corrected chi connectivity index (χ4v) is 4.69. The predicted octanol–water partition coefficient (Wildman–Crippen LogP) is 5.51. The molecule has 3 aromatic rings. The highest BCUT2D eigenvalue weighted by molar-refractivity contribution is 5.82. The van der Waals surface area contributed by atoms with E-state index in [1.54, 1.807) is 32.2 Å². The number of amides is 2. The number of rotatable bonds is 12. The first-order chi connectivity index (χ1) is 21.9. The van der Waals surface area contributed by atoms with Gasteiger partial charge in [0.15, 0.2) is 5.43 Å². The van der Waals surface area contributed by atoms with Crippen molar-refractivity contribution in [2.75, 3.05) is 20.3 Å². The van der Waals surface area contributed by atoms with E-state index in [0.717, 1.165) is 80.4 Å². The summed E-state index contributed by atoms with van der Waals surface area (Å²) in [6.45, 7) is 7.04. The van der Waals surface area contributed by atoms with Crippen molar-refractivity contribution in [2.24, 2.45) is 11.8 Å². The van der Waals surface area contributed by atoms with E-state index in [9.17, 15) is 19.2 Å². The van der Waals surface area contributed by atoms with Crippen molar-refractivity contribution < 1.29 is 23.9 Å². The van der Waals surface area contributed by atoms with Gasteiger partial charge in [-0.1, -0.05) is 49.2 Å². The van der Waals surface area contributed by atoms with Crippen LogP contribution < -0.4 is 21.3 Å². The fraction of sp³-hybridized carbons (Fsp3) is 0.429. The lowest BCUT2D eigenvalue weighted by Gasteiger charge is -2.19. The largest absolute Gasteiger partial charge is 0.497 e. The predicted molar refractivity (Wildman–Crippen MR) is 178 cm³/mol. The van der Waals surface area contributed by atoms with E-state index in [0.29, 0.717) is 24.5 Å². The Morgan fingerprint density at radius 2 is 1.78 bits per heavy atom. The van der Waals surface area contributed by atoms with E-state index < -0.39 is 0 Å². The van der Waals surface area contributed by atoms with Crippen molar-refractivity contribution in [3.8, 4) is 17.0 Å². The van der Waals surface area contributed by atoms with Crippen molar-refractivity contribution >= 4 is 29.7 Å². The number of unbranched alkanes of at least 4 members (excludes halogenated alkanes) is 2. The molecule has 2 amide bonds. The first-order valence-electron chi connectivity index (χ1n) is 15.6. The van der Waals surface area contributed by atoms with Crippen molar-refractivity contribution in [3.05, 3.63) is 77.5 Å². The molecule has 5 rings (SSSR count). The number of hydrazine groups is 1. The minimum Gasteiger partial charge on any atom is -0.497 e. The molecule has 2 aromatic carbocycles. The Kier molecular flexibility index (Phi) is 17.4. The summed E-state index contributed by atoms with van der Waals surface area (Å²) in [5.74, 6) is 6.85. The van der Waals surface area contributed by atoms with Crippen LogP contribution in [-0.4, -0.2) is 55.1 Å². The van der Waals surface area contributed by atoms with Gasteiger partial charge in [-0.15, -0.1) is 6.58 Å². The molecule has 0 saturated heterocycles. The molecule has 10 nitrogen and oxygen atoms in total. The van der Waals surface area contributed by atoms with Gasteiger partial charge in [0.2, 0.25) is 12.3 Å². The average molecular weight is 621 g/mol. The highest BCUT2D eigenvalue weighted by atomic mass is 16.5. The highest BCUT2D eigenvalue weighted by Gasteiger charge is 2.34. The molecule has 0 unspecified atom stereocenters. The number of carbonyl (C=O) groups excluding carboxylic acids is 3. The van der Waals surface area contributed by atoms with E-state index in [-0.39, 0.29) is 17.3 Å². The summed E-state index contributed by atoms with van der Waals surface area (Å²) in [4.78, 5) is 45.9. The second-order valence-corrected chi connectivity index (χ2v) is 10.7. The highest BCUT2D eigenvalue weighted by Crippen LogP contribution is 2.30. The van der Waals surface area contributed by atoms with Gasteiger partial charge in [-0.2, -0.15) is 0 Å². The fourth-order valence-electron chi connectivity index (χ4n) is 4.69. The van der Waals surface area contributed by atoms with Crippen molar-refractivity contribution in [1.29, 1.82) is 0 Å². The van der Waals surface area contributed by atoms with E-state index in [1.807, 2.05) is 42.5 Å². The normalized spacial score (nSPS) is 13.4. The molecule has 1 aromatic heterocycles. The molecule has 2 fully saturated rings. The van der Waals surface area contributed by atoms with E-state index in [2.05, 4.69) is 21.6 Å².